The van der Waals surface area contributed by atoms with Gasteiger partial charge in [0.15, 0.2) is 5.78 Å². The van der Waals surface area contributed by atoms with Crippen LogP contribution in [-0.4, -0.2) is 18.1 Å². The first-order valence-electron chi connectivity index (χ1n) is 14.7. The molecule has 0 aromatic rings. The van der Waals surface area contributed by atoms with E-state index < -0.39 is 5.41 Å². The Kier molecular flexibility index (Phi) is 7.82. The summed E-state index contributed by atoms with van der Waals surface area (Å²) in [4.78, 5) is 26.0. The lowest BCUT2D eigenvalue weighted by atomic mass is 9.39. The fourth-order valence-electron chi connectivity index (χ4n) is 9.31. The van der Waals surface area contributed by atoms with Crippen LogP contribution < -0.4 is 5.73 Å². The quantitative estimate of drug-likeness (QED) is 0.381. The predicted octanol–water partition coefficient (Wildman–Crippen LogP) is 7.66. The molecule has 3 aliphatic rings. The average Bonchev–Trinajstić information content (AvgIpc) is 2.78. The van der Waals surface area contributed by atoms with E-state index in [2.05, 4.69) is 54.5 Å². The van der Waals surface area contributed by atoms with Crippen molar-refractivity contribution in [3.05, 3.63) is 11.6 Å². The number of nitrogens with zero attached hydrogens (tertiary/aromatic N) is 1. The van der Waals surface area contributed by atoms with Gasteiger partial charge in [0, 0.05) is 11.8 Å². The van der Waals surface area contributed by atoms with E-state index in [0.29, 0.717) is 17.8 Å². The molecule has 37 heavy (non-hydrogen) atoms. The second-order valence-corrected chi connectivity index (χ2v) is 15.8. The highest BCUT2D eigenvalue weighted by Crippen LogP contribution is 2.68. The first-order valence-corrected chi connectivity index (χ1v) is 14.7. The van der Waals surface area contributed by atoms with E-state index in [4.69, 9.17) is 5.73 Å². The van der Waals surface area contributed by atoms with Gasteiger partial charge in [-0.25, -0.2) is 0 Å². The molecule has 3 unspecified atom stereocenters. The Morgan fingerprint density at radius 2 is 1.76 bits per heavy atom. The summed E-state index contributed by atoms with van der Waals surface area (Å²) in [6.07, 6.45) is 10.2. The SMILES string of the molecule is CC(=O)CC1[C@@]2(C)C=C(C#N)C(=O)C(C)(C)C2CC[C@@]1(C)C(C)(C)CC[C@@]1(CN)CCC(C)(C)CC1C. The summed E-state index contributed by atoms with van der Waals surface area (Å²) in [5.41, 5.74) is 6.23. The fourth-order valence-corrected chi connectivity index (χ4v) is 9.31. The van der Waals surface area contributed by atoms with Crippen molar-refractivity contribution in [3.63, 3.8) is 0 Å². The second-order valence-electron chi connectivity index (χ2n) is 15.8. The first kappa shape index (κ1) is 30.1. The van der Waals surface area contributed by atoms with Crippen LogP contribution >= 0.6 is 0 Å². The Morgan fingerprint density at radius 3 is 2.27 bits per heavy atom. The molecule has 0 radical (unpaired) electrons. The van der Waals surface area contributed by atoms with Gasteiger partial charge in [0.25, 0.3) is 0 Å². The third kappa shape index (κ3) is 4.88. The molecule has 208 valence electrons. The van der Waals surface area contributed by atoms with Crippen molar-refractivity contribution in [3.8, 4) is 6.07 Å². The Bertz CT molecular complexity index is 998. The van der Waals surface area contributed by atoms with Crippen molar-refractivity contribution in [1.29, 1.82) is 5.26 Å². The Morgan fingerprint density at radius 1 is 1.14 bits per heavy atom. The van der Waals surface area contributed by atoms with E-state index in [9.17, 15) is 14.9 Å². The van der Waals surface area contributed by atoms with E-state index in [1.165, 1.54) is 19.3 Å². The van der Waals surface area contributed by atoms with Crippen molar-refractivity contribution < 1.29 is 9.59 Å². The van der Waals surface area contributed by atoms with E-state index in [1.54, 1.807) is 6.92 Å². The summed E-state index contributed by atoms with van der Waals surface area (Å²) in [6.45, 7) is 23.1. The van der Waals surface area contributed by atoms with Crippen LogP contribution in [0.25, 0.3) is 0 Å². The van der Waals surface area contributed by atoms with Crippen LogP contribution in [0.15, 0.2) is 11.6 Å². The summed E-state index contributed by atoms with van der Waals surface area (Å²) in [7, 11) is 0. The smallest absolute Gasteiger partial charge is 0.178 e. The number of carbonyl (C=O) groups is 2. The Hall–Kier alpha value is -1.47. The second kappa shape index (κ2) is 9.62. The lowest BCUT2D eigenvalue weighted by molar-refractivity contribution is -0.156. The number of fused-ring (bicyclic) bond motifs is 1. The summed E-state index contributed by atoms with van der Waals surface area (Å²) in [6, 6.07) is 2.21. The minimum atomic E-state index is -0.608. The third-order valence-electron chi connectivity index (χ3n) is 12.4. The average molecular weight is 511 g/mol. The maximum absolute atomic E-state index is 13.2. The molecule has 0 heterocycles. The van der Waals surface area contributed by atoms with Crippen LogP contribution in [0.1, 0.15) is 121 Å². The molecule has 2 fully saturated rings. The molecule has 2 N–H and O–H groups in total. The lowest BCUT2D eigenvalue weighted by Crippen LogP contribution is -2.60. The summed E-state index contributed by atoms with van der Waals surface area (Å²) >= 11 is 0. The molecule has 0 bridgehead atoms. The maximum Gasteiger partial charge on any atom is 0.178 e. The zero-order valence-corrected chi connectivity index (χ0v) is 25.5. The summed E-state index contributed by atoms with van der Waals surface area (Å²) < 4.78 is 0. The van der Waals surface area contributed by atoms with Gasteiger partial charge < -0.3 is 10.5 Å². The first-order chi connectivity index (χ1) is 16.8. The van der Waals surface area contributed by atoms with Gasteiger partial charge in [-0.05, 0) is 103 Å². The summed E-state index contributed by atoms with van der Waals surface area (Å²) in [5.74, 6) is 0.933. The highest BCUT2D eigenvalue weighted by Gasteiger charge is 2.63. The standard InChI is InChI=1S/C33H54N2O2/c1-22-18-28(3,4)13-15-33(22,21-35)16-14-29(5,6)32(10)12-11-25-30(7,8)27(37)24(20-34)19-31(25,9)26(32)17-23(2)36/h19,22,25-26H,11-18,21,35H2,1-10H3/t22?,25?,26?,31-,32+,33+/m0/s1. The monoisotopic (exact) mass is 510 g/mol. The number of allylic oxidation sites excluding steroid dienone is 2. The minimum Gasteiger partial charge on any atom is -0.330 e. The van der Waals surface area contributed by atoms with Crippen LogP contribution in [0.5, 0.6) is 0 Å². The molecule has 0 aliphatic heterocycles. The normalized spacial score (nSPS) is 39.4. The molecule has 3 aliphatic carbocycles. The van der Waals surface area contributed by atoms with Gasteiger partial charge in [0.05, 0.1) is 5.57 Å². The van der Waals surface area contributed by atoms with E-state index in [-0.39, 0.29) is 50.6 Å². The van der Waals surface area contributed by atoms with Gasteiger partial charge in [-0.3, -0.25) is 4.79 Å². The maximum atomic E-state index is 13.2. The topological polar surface area (TPSA) is 84.0 Å². The van der Waals surface area contributed by atoms with Gasteiger partial charge in [0.2, 0.25) is 0 Å². The van der Waals surface area contributed by atoms with Crippen molar-refractivity contribution in [2.24, 2.45) is 56.0 Å². The molecule has 6 atom stereocenters. The number of carbonyl (C=O) groups excluding carboxylic acids is 2. The predicted molar refractivity (Wildman–Crippen MR) is 152 cm³/mol. The number of hydrogen-bond donors (Lipinski definition) is 1. The van der Waals surface area contributed by atoms with Crippen LogP contribution in [0.4, 0.5) is 0 Å². The van der Waals surface area contributed by atoms with E-state index in [1.807, 2.05) is 19.9 Å². The van der Waals surface area contributed by atoms with Crippen molar-refractivity contribution >= 4 is 11.6 Å². The van der Waals surface area contributed by atoms with Crippen LogP contribution in [0.2, 0.25) is 0 Å². The molecule has 2 saturated carbocycles. The lowest BCUT2D eigenvalue weighted by Gasteiger charge is -2.64. The van der Waals surface area contributed by atoms with E-state index >= 15 is 0 Å². The van der Waals surface area contributed by atoms with Crippen LogP contribution in [0, 0.1) is 61.6 Å². The Labute approximate surface area is 227 Å². The molecule has 4 heteroatoms. The third-order valence-corrected chi connectivity index (χ3v) is 12.4. The molecular formula is C33H54N2O2. The van der Waals surface area contributed by atoms with Crippen LogP contribution in [0.3, 0.4) is 0 Å². The summed E-state index contributed by atoms with van der Waals surface area (Å²) in [5, 5.41) is 9.88. The number of Topliss-reactive ketones (excluding diaryl/α,β-unsaturated/α-hetero) is 2. The van der Waals surface area contributed by atoms with Gasteiger partial charge in [0.1, 0.15) is 11.9 Å². The van der Waals surface area contributed by atoms with Crippen molar-refractivity contribution in [2.75, 3.05) is 6.54 Å². The zero-order chi connectivity index (χ0) is 28.2. The molecular weight excluding hydrogens is 456 g/mol. The van der Waals surface area contributed by atoms with Crippen molar-refractivity contribution in [1.82, 2.24) is 0 Å². The molecule has 3 rings (SSSR count). The molecule has 0 aromatic heterocycles. The van der Waals surface area contributed by atoms with Crippen LogP contribution in [-0.2, 0) is 9.59 Å². The molecule has 0 amide bonds. The van der Waals surface area contributed by atoms with Gasteiger partial charge in [-0.15, -0.1) is 0 Å². The number of rotatable bonds is 7. The van der Waals surface area contributed by atoms with E-state index in [0.717, 1.165) is 32.2 Å². The highest BCUT2D eigenvalue weighted by molar-refractivity contribution is 6.04. The van der Waals surface area contributed by atoms with Gasteiger partial charge >= 0.3 is 0 Å². The van der Waals surface area contributed by atoms with Crippen molar-refractivity contribution in [2.45, 2.75) is 121 Å². The molecule has 0 spiro atoms. The number of nitrogens with two attached hydrogens (primary N) is 1. The largest absolute Gasteiger partial charge is 0.330 e. The number of nitriles is 1. The van der Waals surface area contributed by atoms with Gasteiger partial charge in [-0.1, -0.05) is 68.4 Å². The number of hydrogen-bond acceptors (Lipinski definition) is 4. The molecule has 0 saturated heterocycles. The Balaban J connectivity index is 2.01. The number of ketones is 2. The molecule has 0 aromatic carbocycles. The fraction of sp³-hybridized carbons (Fsp3) is 0.848. The molecule has 4 nitrogen and oxygen atoms in total. The van der Waals surface area contributed by atoms with Gasteiger partial charge in [-0.2, -0.15) is 5.26 Å². The highest BCUT2D eigenvalue weighted by atomic mass is 16.1. The minimum absolute atomic E-state index is 0.0256. The zero-order valence-electron chi connectivity index (χ0n) is 25.5.